The average molecular weight is 234 g/mol. The van der Waals surface area contributed by atoms with E-state index < -0.39 is 0 Å². The molecule has 1 aliphatic rings. The lowest BCUT2D eigenvalue weighted by atomic mass is 10.4. The summed E-state index contributed by atoms with van der Waals surface area (Å²) in [5.41, 5.74) is 0. The number of carbonyl (C=O) groups excluding carboxylic acids is 2. The SMILES string of the molecule is C=C(CBr)ON1C(=O)CCC1=O. The standard InChI is InChI=1S/C7H8BrNO3/c1-5(4-8)12-9-6(10)2-3-7(9)11/h1-4H2. The summed E-state index contributed by atoms with van der Waals surface area (Å²) in [7, 11) is 0. The fourth-order valence-electron chi connectivity index (χ4n) is 0.811. The van der Waals surface area contributed by atoms with E-state index in [2.05, 4.69) is 22.5 Å². The molecule has 66 valence electrons. The molecule has 0 aromatic rings. The van der Waals surface area contributed by atoms with Gasteiger partial charge in [0.1, 0.15) is 5.76 Å². The summed E-state index contributed by atoms with van der Waals surface area (Å²) >= 11 is 3.09. The minimum Gasteiger partial charge on any atom is -0.373 e. The Balaban J connectivity index is 2.56. The summed E-state index contributed by atoms with van der Waals surface area (Å²) in [5.74, 6) is -0.261. The molecule has 0 unspecified atom stereocenters. The summed E-state index contributed by atoms with van der Waals surface area (Å²) < 4.78 is 0. The molecule has 0 N–H and O–H groups in total. The monoisotopic (exact) mass is 233 g/mol. The molecule has 1 fully saturated rings. The maximum Gasteiger partial charge on any atom is 0.263 e. The second-order valence-electron chi connectivity index (χ2n) is 2.35. The quantitative estimate of drug-likeness (QED) is 0.415. The van der Waals surface area contributed by atoms with E-state index in [9.17, 15) is 9.59 Å². The molecule has 2 amide bonds. The van der Waals surface area contributed by atoms with Crippen LogP contribution in [0.3, 0.4) is 0 Å². The molecular formula is C7H8BrNO3. The van der Waals surface area contributed by atoms with Gasteiger partial charge in [0.25, 0.3) is 11.8 Å². The van der Waals surface area contributed by atoms with E-state index in [1.165, 1.54) is 0 Å². The number of amides is 2. The Kier molecular flexibility index (Phi) is 2.86. The van der Waals surface area contributed by atoms with Gasteiger partial charge in [-0.05, 0) is 0 Å². The first kappa shape index (κ1) is 9.25. The number of alkyl halides is 1. The number of imide groups is 1. The summed E-state index contributed by atoms with van der Waals surface area (Å²) in [6.07, 6.45) is 0.461. The Morgan fingerprint density at radius 2 is 2.00 bits per heavy atom. The van der Waals surface area contributed by atoms with Crippen LogP contribution in [0, 0.1) is 0 Å². The van der Waals surface area contributed by atoms with Gasteiger partial charge in [-0.3, -0.25) is 9.59 Å². The topological polar surface area (TPSA) is 46.6 Å². The van der Waals surface area contributed by atoms with Crippen LogP contribution in [0.25, 0.3) is 0 Å². The van der Waals surface area contributed by atoms with E-state index in [1.54, 1.807) is 0 Å². The summed E-state index contributed by atoms with van der Waals surface area (Å²) in [4.78, 5) is 26.8. The van der Waals surface area contributed by atoms with E-state index >= 15 is 0 Å². The highest BCUT2D eigenvalue weighted by atomic mass is 79.9. The van der Waals surface area contributed by atoms with Gasteiger partial charge >= 0.3 is 0 Å². The second kappa shape index (κ2) is 3.71. The zero-order valence-electron chi connectivity index (χ0n) is 6.38. The van der Waals surface area contributed by atoms with Crippen LogP contribution >= 0.6 is 15.9 Å². The van der Waals surface area contributed by atoms with Crippen molar-refractivity contribution in [1.29, 1.82) is 0 Å². The van der Waals surface area contributed by atoms with Crippen molar-refractivity contribution in [3.8, 4) is 0 Å². The van der Waals surface area contributed by atoms with Crippen LogP contribution in [0.2, 0.25) is 0 Å². The van der Waals surface area contributed by atoms with E-state index in [4.69, 9.17) is 4.84 Å². The van der Waals surface area contributed by atoms with Gasteiger partial charge < -0.3 is 4.84 Å². The lowest BCUT2D eigenvalue weighted by Gasteiger charge is -2.14. The van der Waals surface area contributed by atoms with Crippen molar-refractivity contribution >= 4 is 27.7 Å². The van der Waals surface area contributed by atoms with Gasteiger partial charge in [-0.1, -0.05) is 22.5 Å². The number of allylic oxidation sites excluding steroid dienone is 1. The van der Waals surface area contributed by atoms with Gasteiger partial charge in [0.15, 0.2) is 0 Å². The smallest absolute Gasteiger partial charge is 0.263 e. The third-order valence-corrected chi connectivity index (χ3v) is 2.00. The van der Waals surface area contributed by atoms with Crippen molar-refractivity contribution in [2.24, 2.45) is 0 Å². The Hall–Kier alpha value is -0.840. The maximum absolute atomic E-state index is 11.0. The number of hydrogen-bond donors (Lipinski definition) is 0. The van der Waals surface area contributed by atoms with Crippen molar-refractivity contribution < 1.29 is 14.4 Å². The fraction of sp³-hybridized carbons (Fsp3) is 0.429. The molecule has 1 saturated heterocycles. The van der Waals surface area contributed by atoms with Crippen molar-refractivity contribution in [1.82, 2.24) is 5.06 Å². The maximum atomic E-state index is 11.0. The molecule has 0 aromatic heterocycles. The van der Waals surface area contributed by atoms with Gasteiger partial charge in [-0.25, -0.2) is 0 Å². The highest BCUT2D eigenvalue weighted by molar-refractivity contribution is 9.09. The van der Waals surface area contributed by atoms with E-state index in [-0.39, 0.29) is 24.7 Å². The van der Waals surface area contributed by atoms with Gasteiger partial charge in [0.05, 0.1) is 5.33 Å². The Morgan fingerprint density at radius 3 is 2.42 bits per heavy atom. The van der Waals surface area contributed by atoms with E-state index in [0.717, 1.165) is 5.06 Å². The molecule has 1 aliphatic heterocycles. The zero-order chi connectivity index (χ0) is 9.14. The van der Waals surface area contributed by atoms with Crippen LogP contribution in [-0.2, 0) is 14.4 Å². The molecule has 0 aliphatic carbocycles. The summed E-state index contributed by atoms with van der Waals surface area (Å²) in [6, 6.07) is 0. The van der Waals surface area contributed by atoms with Gasteiger partial charge in [-0.15, -0.1) is 5.06 Å². The fourth-order valence-corrected chi connectivity index (χ4v) is 0.914. The Morgan fingerprint density at radius 1 is 1.50 bits per heavy atom. The van der Waals surface area contributed by atoms with Crippen molar-refractivity contribution in [3.05, 3.63) is 12.3 Å². The average Bonchev–Trinajstić information content (AvgIpc) is 2.35. The Bertz CT molecular complexity index is 223. The second-order valence-corrected chi connectivity index (χ2v) is 2.91. The largest absolute Gasteiger partial charge is 0.373 e. The highest BCUT2D eigenvalue weighted by Crippen LogP contribution is 2.14. The normalized spacial score (nSPS) is 16.9. The lowest BCUT2D eigenvalue weighted by molar-refractivity contribution is -0.176. The molecule has 1 rings (SSSR count). The molecular weight excluding hydrogens is 226 g/mol. The molecule has 1 heterocycles. The predicted molar refractivity (Wildman–Crippen MR) is 45.1 cm³/mol. The van der Waals surface area contributed by atoms with Crippen molar-refractivity contribution in [3.63, 3.8) is 0 Å². The Labute approximate surface area is 78.3 Å². The molecule has 0 bridgehead atoms. The molecule has 4 nitrogen and oxygen atoms in total. The van der Waals surface area contributed by atoms with Crippen LogP contribution in [0.15, 0.2) is 12.3 Å². The molecule has 0 aromatic carbocycles. The number of carbonyl (C=O) groups is 2. The third-order valence-electron chi connectivity index (χ3n) is 1.38. The van der Waals surface area contributed by atoms with Crippen LogP contribution in [0.1, 0.15) is 12.8 Å². The number of nitrogens with zero attached hydrogens (tertiary/aromatic N) is 1. The predicted octanol–water partition coefficient (Wildman–Crippen LogP) is 0.976. The first-order valence-electron chi connectivity index (χ1n) is 3.42. The number of hydrogen-bond acceptors (Lipinski definition) is 3. The van der Waals surface area contributed by atoms with Gasteiger partial charge in [0, 0.05) is 12.8 Å². The lowest BCUT2D eigenvalue weighted by Crippen LogP contribution is -2.28. The summed E-state index contributed by atoms with van der Waals surface area (Å²) in [6.45, 7) is 3.49. The molecule has 12 heavy (non-hydrogen) atoms. The van der Waals surface area contributed by atoms with Crippen LogP contribution in [0.5, 0.6) is 0 Å². The number of halogens is 1. The summed E-state index contributed by atoms with van der Waals surface area (Å²) in [5, 5.41) is 1.17. The van der Waals surface area contributed by atoms with E-state index in [1.807, 2.05) is 0 Å². The molecule has 0 radical (unpaired) electrons. The number of hydroxylamine groups is 2. The molecule has 0 atom stereocenters. The van der Waals surface area contributed by atoms with Crippen LogP contribution < -0.4 is 0 Å². The van der Waals surface area contributed by atoms with E-state index in [0.29, 0.717) is 11.1 Å². The third kappa shape index (κ3) is 1.85. The zero-order valence-corrected chi connectivity index (χ0v) is 7.96. The molecule has 5 heteroatoms. The first-order chi connectivity index (χ1) is 5.65. The number of rotatable bonds is 3. The van der Waals surface area contributed by atoms with Gasteiger partial charge in [-0.2, -0.15) is 0 Å². The highest BCUT2D eigenvalue weighted by Gasteiger charge is 2.31. The minimum atomic E-state index is -0.304. The van der Waals surface area contributed by atoms with Crippen LogP contribution in [-0.4, -0.2) is 22.2 Å². The minimum absolute atomic E-state index is 0.231. The molecule has 0 spiro atoms. The van der Waals surface area contributed by atoms with Crippen LogP contribution in [0.4, 0.5) is 0 Å². The van der Waals surface area contributed by atoms with Gasteiger partial charge in [0.2, 0.25) is 0 Å². The molecule has 0 saturated carbocycles. The van der Waals surface area contributed by atoms with Crippen molar-refractivity contribution in [2.75, 3.05) is 5.33 Å². The van der Waals surface area contributed by atoms with Crippen molar-refractivity contribution in [2.45, 2.75) is 12.8 Å². The first-order valence-corrected chi connectivity index (χ1v) is 4.55.